The van der Waals surface area contributed by atoms with Gasteiger partial charge in [0.05, 0.1) is 9.82 Å². The quantitative estimate of drug-likeness (QED) is 0.469. The summed E-state index contributed by atoms with van der Waals surface area (Å²) >= 11 is 0. The molecule has 0 heterocycles. The van der Waals surface area contributed by atoms with Crippen LogP contribution in [0, 0.1) is 10.1 Å². The lowest BCUT2D eigenvalue weighted by atomic mass is 10.3. The molecule has 1 amide bonds. The van der Waals surface area contributed by atoms with E-state index in [0.29, 0.717) is 0 Å². The van der Waals surface area contributed by atoms with Gasteiger partial charge in [0.1, 0.15) is 5.69 Å². The Morgan fingerprint density at radius 1 is 1.45 bits per heavy atom. The van der Waals surface area contributed by atoms with Gasteiger partial charge in [-0.1, -0.05) is 0 Å². The van der Waals surface area contributed by atoms with Crippen LogP contribution >= 0.6 is 0 Å². The van der Waals surface area contributed by atoms with Crippen LogP contribution in [0.25, 0.3) is 0 Å². The van der Waals surface area contributed by atoms with Gasteiger partial charge in [0.25, 0.3) is 5.69 Å². The molecule has 0 saturated heterocycles. The molecular weight excluding hydrogens is 288 g/mol. The standard InChI is InChI=1S/C10H14N4O5S/c1-12-8-6-7(2-3-9(8)14(16)17)20(18,19)13-5-4-10(11)15/h2-3,6,12-13H,4-5H2,1H3,(H2,11,15). The van der Waals surface area contributed by atoms with E-state index in [1.165, 1.54) is 7.05 Å². The molecule has 20 heavy (non-hydrogen) atoms. The van der Waals surface area contributed by atoms with E-state index < -0.39 is 20.9 Å². The van der Waals surface area contributed by atoms with Gasteiger partial charge in [0.2, 0.25) is 15.9 Å². The third-order valence-corrected chi connectivity index (χ3v) is 3.87. The van der Waals surface area contributed by atoms with E-state index in [4.69, 9.17) is 5.73 Å². The highest BCUT2D eigenvalue weighted by molar-refractivity contribution is 7.89. The van der Waals surface area contributed by atoms with E-state index in [2.05, 4.69) is 10.0 Å². The van der Waals surface area contributed by atoms with Gasteiger partial charge in [-0.15, -0.1) is 0 Å². The minimum atomic E-state index is -3.85. The lowest BCUT2D eigenvalue weighted by Gasteiger charge is -2.08. The largest absolute Gasteiger partial charge is 0.383 e. The lowest BCUT2D eigenvalue weighted by molar-refractivity contribution is -0.384. The minimum Gasteiger partial charge on any atom is -0.383 e. The van der Waals surface area contributed by atoms with Gasteiger partial charge in [-0.2, -0.15) is 0 Å². The highest BCUT2D eigenvalue weighted by atomic mass is 32.2. The molecule has 0 spiro atoms. The predicted octanol–water partition coefficient (Wildman–Crippen LogP) is -0.210. The molecule has 0 aliphatic heterocycles. The Labute approximate surface area is 115 Å². The molecule has 0 bridgehead atoms. The minimum absolute atomic E-state index is 0.0766. The molecule has 1 rings (SSSR count). The fraction of sp³-hybridized carbons (Fsp3) is 0.300. The number of amides is 1. The fourth-order valence-corrected chi connectivity index (χ4v) is 2.49. The Bertz CT molecular complexity index is 629. The van der Waals surface area contributed by atoms with E-state index in [-0.39, 0.29) is 29.2 Å². The topological polar surface area (TPSA) is 144 Å². The smallest absolute Gasteiger partial charge is 0.292 e. The average Bonchev–Trinajstić information content (AvgIpc) is 2.37. The molecule has 1 aromatic rings. The number of nitrogens with one attached hydrogen (secondary N) is 2. The normalized spacial score (nSPS) is 11.1. The number of anilines is 1. The summed E-state index contributed by atoms with van der Waals surface area (Å²) < 4.78 is 26.0. The number of hydrogen-bond acceptors (Lipinski definition) is 6. The molecular formula is C10H14N4O5S. The molecule has 9 nitrogen and oxygen atoms in total. The van der Waals surface area contributed by atoms with E-state index in [0.717, 1.165) is 18.2 Å². The number of carbonyl (C=O) groups excluding carboxylic acids is 1. The van der Waals surface area contributed by atoms with E-state index >= 15 is 0 Å². The van der Waals surface area contributed by atoms with Gasteiger partial charge in [-0.3, -0.25) is 14.9 Å². The van der Waals surface area contributed by atoms with Crippen molar-refractivity contribution in [3.05, 3.63) is 28.3 Å². The van der Waals surface area contributed by atoms with Gasteiger partial charge in [-0.05, 0) is 12.1 Å². The summed E-state index contributed by atoms with van der Waals surface area (Å²) in [5, 5.41) is 13.3. The van der Waals surface area contributed by atoms with Gasteiger partial charge < -0.3 is 11.1 Å². The van der Waals surface area contributed by atoms with Crippen molar-refractivity contribution in [1.82, 2.24) is 4.72 Å². The summed E-state index contributed by atoms with van der Waals surface area (Å²) in [5.41, 5.74) is 4.74. The maximum absolute atomic E-state index is 11.9. The van der Waals surface area contributed by atoms with Gasteiger partial charge in [-0.25, -0.2) is 13.1 Å². The molecule has 0 aliphatic carbocycles. The maximum Gasteiger partial charge on any atom is 0.292 e. The van der Waals surface area contributed by atoms with Crippen molar-refractivity contribution in [3.8, 4) is 0 Å². The molecule has 10 heteroatoms. The molecule has 1 aromatic carbocycles. The Hall–Kier alpha value is -2.20. The Morgan fingerprint density at radius 3 is 2.60 bits per heavy atom. The van der Waals surface area contributed by atoms with Crippen molar-refractivity contribution >= 4 is 27.3 Å². The van der Waals surface area contributed by atoms with Crippen LogP contribution in [0.4, 0.5) is 11.4 Å². The number of nitrogens with two attached hydrogens (primary N) is 1. The van der Waals surface area contributed by atoms with Crippen LogP contribution in [0.1, 0.15) is 6.42 Å². The van der Waals surface area contributed by atoms with Crippen molar-refractivity contribution in [3.63, 3.8) is 0 Å². The van der Waals surface area contributed by atoms with Crippen LogP contribution in [-0.4, -0.2) is 32.8 Å². The summed E-state index contributed by atoms with van der Waals surface area (Å²) in [5.74, 6) is -0.632. The molecule has 0 aromatic heterocycles. The lowest BCUT2D eigenvalue weighted by Crippen LogP contribution is -2.28. The highest BCUT2D eigenvalue weighted by Crippen LogP contribution is 2.26. The number of nitro benzene ring substituents is 1. The van der Waals surface area contributed by atoms with Crippen LogP contribution < -0.4 is 15.8 Å². The summed E-state index contributed by atoms with van der Waals surface area (Å²) in [6, 6.07) is 3.35. The number of nitrogens with zero attached hydrogens (tertiary/aromatic N) is 1. The predicted molar refractivity (Wildman–Crippen MR) is 71.6 cm³/mol. The summed E-state index contributed by atoms with van der Waals surface area (Å²) in [6.07, 6.45) is -0.134. The van der Waals surface area contributed by atoms with Crippen molar-refractivity contribution in [2.45, 2.75) is 11.3 Å². The van der Waals surface area contributed by atoms with Crippen molar-refractivity contribution in [2.24, 2.45) is 5.73 Å². The molecule has 0 unspecified atom stereocenters. The molecule has 110 valence electrons. The first-order valence-corrected chi connectivity index (χ1v) is 7.00. The molecule has 0 atom stereocenters. The monoisotopic (exact) mass is 302 g/mol. The Balaban J connectivity index is 3.01. The first kappa shape index (κ1) is 15.9. The van der Waals surface area contributed by atoms with Crippen molar-refractivity contribution < 1.29 is 18.1 Å². The zero-order valence-corrected chi connectivity index (χ0v) is 11.4. The summed E-state index contributed by atoms with van der Waals surface area (Å²) in [6.45, 7) is -0.135. The van der Waals surface area contributed by atoms with Crippen LogP contribution in [0.5, 0.6) is 0 Å². The molecule has 0 radical (unpaired) electrons. The van der Waals surface area contributed by atoms with Crippen LogP contribution in [0.15, 0.2) is 23.1 Å². The van der Waals surface area contributed by atoms with E-state index in [1.807, 2.05) is 0 Å². The third-order valence-electron chi connectivity index (χ3n) is 2.41. The van der Waals surface area contributed by atoms with Gasteiger partial charge in [0, 0.05) is 26.1 Å². The number of primary amides is 1. The Kier molecular flexibility index (Phi) is 5.00. The van der Waals surface area contributed by atoms with Crippen molar-refractivity contribution in [1.29, 1.82) is 0 Å². The van der Waals surface area contributed by atoms with Crippen LogP contribution in [0.2, 0.25) is 0 Å². The zero-order chi connectivity index (χ0) is 15.3. The second-order valence-corrected chi connectivity index (χ2v) is 5.57. The molecule has 4 N–H and O–H groups in total. The first-order valence-electron chi connectivity index (χ1n) is 5.52. The zero-order valence-electron chi connectivity index (χ0n) is 10.6. The average molecular weight is 302 g/mol. The second-order valence-electron chi connectivity index (χ2n) is 3.80. The SMILES string of the molecule is CNc1cc(S(=O)(=O)NCCC(N)=O)ccc1[N+](=O)[O-]. The Morgan fingerprint density at radius 2 is 2.10 bits per heavy atom. The van der Waals surface area contributed by atoms with Gasteiger partial charge >= 0.3 is 0 Å². The van der Waals surface area contributed by atoms with Crippen LogP contribution in [-0.2, 0) is 14.8 Å². The number of nitro groups is 1. The van der Waals surface area contributed by atoms with Crippen LogP contribution in [0.3, 0.4) is 0 Å². The number of hydrogen-bond donors (Lipinski definition) is 3. The number of benzene rings is 1. The summed E-state index contributed by atoms with van der Waals surface area (Å²) in [4.78, 5) is 20.5. The molecule has 0 saturated carbocycles. The second kappa shape index (κ2) is 6.30. The fourth-order valence-electron chi connectivity index (χ4n) is 1.43. The van der Waals surface area contributed by atoms with Crippen molar-refractivity contribution in [2.75, 3.05) is 18.9 Å². The third kappa shape index (κ3) is 3.90. The van der Waals surface area contributed by atoms with E-state index in [1.54, 1.807) is 0 Å². The molecule has 0 aliphatic rings. The molecule has 0 fully saturated rings. The first-order chi connectivity index (χ1) is 9.27. The number of carbonyl (C=O) groups is 1. The van der Waals surface area contributed by atoms with E-state index in [9.17, 15) is 23.3 Å². The summed E-state index contributed by atoms with van der Waals surface area (Å²) in [7, 11) is -2.41. The maximum atomic E-state index is 11.9. The highest BCUT2D eigenvalue weighted by Gasteiger charge is 2.19. The number of sulfonamides is 1. The number of rotatable bonds is 7. The van der Waals surface area contributed by atoms with Gasteiger partial charge in [0.15, 0.2) is 0 Å².